The molecule has 176 valence electrons. The van der Waals surface area contributed by atoms with E-state index in [1.807, 2.05) is 44.2 Å². The van der Waals surface area contributed by atoms with Gasteiger partial charge in [-0.15, -0.1) is 0 Å². The van der Waals surface area contributed by atoms with Gasteiger partial charge in [0.05, 0.1) is 5.75 Å². The predicted octanol–water partition coefficient (Wildman–Crippen LogP) is 3.93. The first-order chi connectivity index (χ1) is 16.4. The molecule has 0 atom stereocenters. The predicted molar refractivity (Wildman–Crippen MR) is 132 cm³/mol. The molecule has 0 spiro atoms. The fourth-order valence-electron chi connectivity index (χ4n) is 3.78. The molecule has 0 saturated carbocycles. The SMILES string of the molecule is Cc1cc(C)nc(SCC(=O)Nc2ccc(N3CCN(C(=O)c4ccc(F)cc4)CC3)cc2)n1. The Bertz CT molecular complexity index is 1140. The van der Waals surface area contributed by atoms with E-state index >= 15 is 0 Å². The number of nitrogens with one attached hydrogen (secondary N) is 1. The monoisotopic (exact) mass is 479 g/mol. The van der Waals surface area contributed by atoms with Gasteiger partial charge in [0.25, 0.3) is 5.91 Å². The summed E-state index contributed by atoms with van der Waals surface area (Å²) in [7, 11) is 0. The summed E-state index contributed by atoms with van der Waals surface area (Å²) in [6.45, 7) is 6.39. The summed E-state index contributed by atoms with van der Waals surface area (Å²) in [6.07, 6.45) is 0. The molecule has 0 unspecified atom stereocenters. The minimum Gasteiger partial charge on any atom is -0.368 e. The molecule has 0 radical (unpaired) electrons. The third-order valence-corrected chi connectivity index (χ3v) is 6.32. The van der Waals surface area contributed by atoms with Gasteiger partial charge in [0.1, 0.15) is 5.82 Å². The van der Waals surface area contributed by atoms with Gasteiger partial charge in [-0.05, 0) is 68.4 Å². The Labute approximate surface area is 202 Å². The molecule has 0 bridgehead atoms. The minimum absolute atomic E-state index is 0.0817. The van der Waals surface area contributed by atoms with E-state index in [0.717, 1.165) is 22.8 Å². The molecule has 1 saturated heterocycles. The number of amides is 2. The number of halogens is 1. The third-order valence-electron chi connectivity index (χ3n) is 5.47. The summed E-state index contributed by atoms with van der Waals surface area (Å²) in [5, 5.41) is 3.50. The highest BCUT2D eigenvalue weighted by atomic mass is 32.2. The van der Waals surface area contributed by atoms with Crippen molar-refractivity contribution in [1.29, 1.82) is 0 Å². The summed E-state index contributed by atoms with van der Waals surface area (Å²) in [5.41, 5.74) is 4.02. The molecule has 9 heteroatoms. The Morgan fingerprint density at radius 2 is 1.56 bits per heavy atom. The van der Waals surface area contributed by atoms with Crippen molar-refractivity contribution in [3.63, 3.8) is 0 Å². The molecule has 0 aliphatic carbocycles. The molecule has 2 aromatic carbocycles. The van der Waals surface area contributed by atoms with Crippen molar-refractivity contribution in [2.45, 2.75) is 19.0 Å². The van der Waals surface area contributed by atoms with Crippen LogP contribution in [0.15, 0.2) is 59.8 Å². The molecular formula is C25H26FN5O2S. The van der Waals surface area contributed by atoms with Crippen LogP contribution in [0, 0.1) is 19.7 Å². The van der Waals surface area contributed by atoms with Crippen LogP contribution in [0.5, 0.6) is 0 Å². The number of carbonyl (C=O) groups is 2. The molecule has 2 amide bonds. The van der Waals surface area contributed by atoms with Gasteiger partial charge in [0.2, 0.25) is 5.91 Å². The third kappa shape index (κ3) is 6.11. The average Bonchev–Trinajstić information content (AvgIpc) is 2.83. The molecule has 1 N–H and O–H groups in total. The zero-order valence-corrected chi connectivity index (χ0v) is 19.9. The largest absolute Gasteiger partial charge is 0.368 e. The number of nitrogens with zero attached hydrogens (tertiary/aromatic N) is 4. The topological polar surface area (TPSA) is 78.4 Å². The van der Waals surface area contributed by atoms with E-state index < -0.39 is 0 Å². The lowest BCUT2D eigenvalue weighted by Crippen LogP contribution is -2.48. The molecule has 1 fully saturated rings. The smallest absolute Gasteiger partial charge is 0.253 e. The fourth-order valence-corrected chi connectivity index (χ4v) is 4.53. The summed E-state index contributed by atoms with van der Waals surface area (Å²) >= 11 is 1.31. The quantitative estimate of drug-likeness (QED) is 0.427. The number of carbonyl (C=O) groups excluding carboxylic acids is 2. The van der Waals surface area contributed by atoms with E-state index in [2.05, 4.69) is 20.2 Å². The highest BCUT2D eigenvalue weighted by Gasteiger charge is 2.22. The van der Waals surface area contributed by atoms with Crippen molar-refractivity contribution < 1.29 is 14.0 Å². The van der Waals surface area contributed by atoms with Crippen LogP contribution in [-0.2, 0) is 4.79 Å². The van der Waals surface area contributed by atoms with Crippen molar-refractivity contribution in [2.24, 2.45) is 0 Å². The lowest BCUT2D eigenvalue weighted by Gasteiger charge is -2.36. The fraction of sp³-hybridized carbons (Fsp3) is 0.280. The molecule has 1 aliphatic rings. The van der Waals surface area contributed by atoms with E-state index in [1.54, 1.807) is 4.90 Å². The number of hydrogen-bond donors (Lipinski definition) is 1. The first-order valence-electron chi connectivity index (χ1n) is 11.0. The number of hydrogen-bond acceptors (Lipinski definition) is 6. The molecule has 2 heterocycles. The van der Waals surface area contributed by atoms with E-state index in [4.69, 9.17) is 0 Å². The van der Waals surface area contributed by atoms with Crippen LogP contribution in [-0.4, -0.2) is 58.6 Å². The normalized spacial score (nSPS) is 13.6. The Kier molecular flexibility index (Phi) is 7.42. The van der Waals surface area contributed by atoms with Crippen molar-refractivity contribution in [3.8, 4) is 0 Å². The maximum atomic E-state index is 13.1. The van der Waals surface area contributed by atoms with Crippen molar-refractivity contribution in [2.75, 3.05) is 42.1 Å². The van der Waals surface area contributed by atoms with E-state index in [1.165, 1.54) is 36.0 Å². The molecule has 1 aliphatic heterocycles. The maximum Gasteiger partial charge on any atom is 0.253 e. The van der Waals surface area contributed by atoms with E-state index in [9.17, 15) is 14.0 Å². The minimum atomic E-state index is -0.352. The number of aryl methyl sites for hydroxylation is 2. The molecule has 7 nitrogen and oxygen atoms in total. The van der Waals surface area contributed by atoms with Crippen molar-refractivity contribution in [1.82, 2.24) is 14.9 Å². The average molecular weight is 480 g/mol. The van der Waals surface area contributed by atoms with E-state index in [-0.39, 0.29) is 23.4 Å². The van der Waals surface area contributed by atoms with Gasteiger partial charge in [0, 0.05) is 54.5 Å². The van der Waals surface area contributed by atoms with Gasteiger partial charge < -0.3 is 15.1 Å². The highest BCUT2D eigenvalue weighted by Crippen LogP contribution is 2.21. The number of aromatic nitrogens is 2. The second-order valence-electron chi connectivity index (χ2n) is 8.10. The number of anilines is 2. The van der Waals surface area contributed by atoms with Crippen LogP contribution in [0.2, 0.25) is 0 Å². The number of piperazine rings is 1. The second-order valence-corrected chi connectivity index (χ2v) is 9.05. The van der Waals surface area contributed by atoms with Crippen LogP contribution < -0.4 is 10.2 Å². The number of benzene rings is 2. The van der Waals surface area contributed by atoms with Crippen LogP contribution in [0.25, 0.3) is 0 Å². The van der Waals surface area contributed by atoms with Gasteiger partial charge in [0.15, 0.2) is 5.16 Å². The Morgan fingerprint density at radius 1 is 0.941 bits per heavy atom. The lowest BCUT2D eigenvalue weighted by molar-refractivity contribution is -0.113. The summed E-state index contributed by atoms with van der Waals surface area (Å²) in [4.78, 5) is 37.6. The van der Waals surface area contributed by atoms with Gasteiger partial charge in [-0.1, -0.05) is 11.8 Å². The zero-order valence-electron chi connectivity index (χ0n) is 19.1. The second kappa shape index (κ2) is 10.6. The summed E-state index contributed by atoms with van der Waals surface area (Å²) in [6, 6.07) is 15.2. The van der Waals surface area contributed by atoms with Crippen LogP contribution in [0.3, 0.4) is 0 Å². The Hall–Kier alpha value is -3.46. The summed E-state index contributed by atoms with van der Waals surface area (Å²) < 4.78 is 13.1. The summed E-state index contributed by atoms with van der Waals surface area (Å²) in [5.74, 6) is -0.320. The van der Waals surface area contributed by atoms with Crippen LogP contribution in [0.4, 0.5) is 15.8 Å². The Balaban J connectivity index is 1.26. The number of thioether (sulfide) groups is 1. The highest BCUT2D eigenvalue weighted by molar-refractivity contribution is 7.99. The van der Waals surface area contributed by atoms with Crippen molar-refractivity contribution in [3.05, 3.63) is 77.4 Å². The first-order valence-corrected chi connectivity index (χ1v) is 12.0. The molecule has 34 heavy (non-hydrogen) atoms. The Morgan fingerprint density at radius 3 is 2.18 bits per heavy atom. The molecule has 3 aromatic rings. The standard InChI is InChI=1S/C25H26FN5O2S/c1-17-15-18(2)28-25(27-17)34-16-23(32)29-21-7-9-22(10-8-21)30-11-13-31(14-12-30)24(33)19-3-5-20(26)6-4-19/h3-10,15H,11-14,16H2,1-2H3,(H,29,32). The molecule has 1 aromatic heterocycles. The van der Waals surface area contributed by atoms with Gasteiger partial charge >= 0.3 is 0 Å². The first kappa shape index (κ1) is 23.7. The number of rotatable bonds is 6. The van der Waals surface area contributed by atoms with E-state index in [0.29, 0.717) is 36.9 Å². The lowest BCUT2D eigenvalue weighted by atomic mass is 10.1. The zero-order chi connectivity index (χ0) is 24.1. The van der Waals surface area contributed by atoms with Crippen molar-refractivity contribution >= 4 is 35.0 Å². The van der Waals surface area contributed by atoms with Gasteiger partial charge in [-0.25, -0.2) is 14.4 Å². The molecule has 4 rings (SSSR count). The van der Waals surface area contributed by atoms with Gasteiger partial charge in [-0.2, -0.15) is 0 Å². The van der Waals surface area contributed by atoms with Crippen LogP contribution in [0.1, 0.15) is 21.7 Å². The van der Waals surface area contributed by atoms with Crippen LogP contribution >= 0.6 is 11.8 Å². The maximum absolute atomic E-state index is 13.1. The molecular weight excluding hydrogens is 453 g/mol. The van der Waals surface area contributed by atoms with Gasteiger partial charge in [-0.3, -0.25) is 9.59 Å².